The number of carbonyl (C=O) groups excluding carboxylic acids is 1. The maximum absolute atomic E-state index is 13.1. The number of halogens is 1. The van der Waals surface area contributed by atoms with E-state index in [0.717, 1.165) is 15.9 Å². The summed E-state index contributed by atoms with van der Waals surface area (Å²) in [6, 6.07) is 30.3. The SMILES string of the molecule is CCOCCC(=O)CP(Cl)(c1ccccc1)(c1ccccc1)c1ccccc1. The Morgan fingerprint density at radius 2 is 1.18 bits per heavy atom. The van der Waals surface area contributed by atoms with Crippen molar-refractivity contribution in [3.63, 3.8) is 0 Å². The summed E-state index contributed by atoms with van der Waals surface area (Å²) in [5, 5.41) is 3.03. The molecular formula is C24H26ClO2P. The zero-order valence-electron chi connectivity index (χ0n) is 16.1. The first-order valence-corrected chi connectivity index (χ1v) is 12.9. The number of hydrogen-bond donors (Lipinski definition) is 0. The molecule has 0 aromatic heterocycles. The molecule has 3 rings (SSSR count). The molecule has 0 aliphatic rings. The maximum atomic E-state index is 13.1. The van der Waals surface area contributed by atoms with Crippen molar-refractivity contribution in [3.8, 4) is 0 Å². The summed E-state index contributed by atoms with van der Waals surface area (Å²) < 4.78 is 5.42. The molecule has 0 N–H and O–H groups in total. The van der Waals surface area contributed by atoms with Crippen LogP contribution in [0, 0.1) is 0 Å². The fraction of sp³-hybridized carbons (Fsp3) is 0.208. The fourth-order valence-electron chi connectivity index (χ4n) is 3.68. The number of Topliss-reactive ketones (excluding diaryl/α,β-unsaturated/α-hetero) is 1. The molecule has 0 saturated heterocycles. The van der Waals surface area contributed by atoms with Gasteiger partial charge in [0.25, 0.3) is 0 Å². The van der Waals surface area contributed by atoms with Gasteiger partial charge in [-0.2, -0.15) is 0 Å². The van der Waals surface area contributed by atoms with Gasteiger partial charge in [-0.15, -0.1) is 0 Å². The summed E-state index contributed by atoms with van der Waals surface area (Å²) in [6.07, 6.45) is 0.642. The minimum absolute atomic E-state index is 0.123. The van der Waals surface area contributed by atoms with Crippen LogP contribution in [0.5, 0.6) is 0 Å². The fourth-order valence-corrected chi connectivity index (χ4v) is 9.74. The van der Waals surface area contributed by atoms with Gasteiger partial charge in [0.1, 0.15) is 0 Å². The molecule has 0 unspecified atom stereocenters. The van der Waals surface area contributed by atoms with Gasteiger partial charge < -0.3 is 0 Å². The predicted molar refractivity (Wildman–Crippen MR) is 122 cm³/mol. The van der Waals surface area contributed by atoms with E-state index in [0.29, 0.717) is 19.6 Å². The Morgan fingerprint density at radius 3 is 1.54 bits per heavy atom. The van der Waals surface area contributed by atoms with Crippen LogP contribution in [0.25, 0.3) is 0 Å². The third-order valence-corrected chi connectivity index (χ3v) is 12.3. The second kappa shape index (κ2) is 9.01. The number of ether oxygens (including phenoxy) is 1. The molecule has 0 aliphatic carbocycles. The van der Waals surface area contributed by atoms with Gasteiger partial charge >= 0.3 is 172 Å². The molecule has 0 amide bonds. The Balaban J connectivity index is 2.23. The van der Waals surface area contributed by atoms with Crippen LogP contribution in [0.15, 0.2) is 91.0 Å². The van der Waals surface area contributed by atoms with Gasteiger partial charge in [-0.05, 0) is 0 Å². The average molecular weight is 413 g/mol. The van der Waals surface area contributed by atoms with Crippen LogP contribution in [-0.2, 0) is 9.53 Å². The molecule has 3 aromatic carbocycles. The van der Waals surface area contributed by atoms with Crippen LogP contribution in [0.3, 0.4) is 0 Å². The number of carbonyl (C=O) groups is 1. The second-order valence-corrected chi connectivity index (χ2v) is 13.3. The molecule has 0 saturated carbocycles. The van der Waals surface area contributed by atoms with Gasteiger partial charge in [-0.3, -0.25) is 0 Å². The Bertz CT molecular complexity index is 798. The van der Waals surface area contributed by atoms with Gasteiger partial charge in [0, 0.05) is 0 Å². The van der Waals surface area contributed by atoms with Crippen molar-refractivity contribution >= 4 is 38.9 Å². The van der Waals surface area contributed by atoms with Gasteiger partial charge in [0.2, 0.25) is 0 Å². The molecule has 28 heavy (non-hydrogen) atoms. The molecule has 0 aliphatic heterocycles. The van der Waals surface area contributed by atoms with Crippen LogP contribution >= 0.6 is 17.2 Å². The van der Waals surface area contributed by atoms with Crippen LogP contribution in [0.1, 0.15) is 13.3 Å². The van der Waals surface area contributed by atoms with Crippen molar-refractivity contribution in [3.05, 3.63) is 91.0 Å². The van der Waals surface area contributed by atoms with Crippen LogP contribution in [0.2, 0.25) is 0 Å². The number of benzene rings is 3. The molecular weight excluding hydrogens is 387 g/mol. The monoisotopic (exact) mass is 412 g/mol. The molecule has 146 valence electrons. The summed E-state index contributed by atoms with van der Waals surface area (Å²) in [5.74, 6) is -3.37. The molecule has 0 heterocycles. The van der Waals surface area contributed by atoms with E-state index in [1.807, 2.05) is 61.5 Å². The quantitative estimate of drug-likeness (QED) is 0.377. The van der Waals surface area contributed by atoms with E-state index >= 15 is 0 Å². The topological polar surface area (TPSA) is 26.3 Å². The first-order chi connectivity index (χ1) is 13.6. The first kappa shape index (κ1) is 20.7. The first-order valence-electron chi connectivity index (χ1n) is 9.58. The van der Waals surface area contributed by atoms with E-state index in [2.05, 4.69) is 36.4 Å². The van der Waals surface area contributed by atoms with Crippen molar-refractivity contribution in [1.29, 1.82) is 0 Å². The molecule has 0 radical (unpaired) electrons. The van der Waals surface area contributed by atoms with Gasteiger partial charge in [0.15, 0.2) is 0 Å². The predicted octanol–water partition coefficient (Wildman–Crippen LogP) is 4.67. The van der Waals surface area contributed by atoms with Crippen molar-refractivity contribution in [1.82, 2.24) is 0 Å². The van der Waals surface area contributed by atoms with E-state index in [4.69, 9.17) is 16.0 Å². The molecule has 3 aromatic rings. The van der Waals surface area contributed by atoms with Crippen LogP contribution < -0.4 is 15.9 Å². The van der Waals surface area contributed by atoms with E-state index < -0.39 is 5.96 Å². The van der Waals surface area contributed by atoms with Crippen molar-refractivity contribution in [2.75, 3.05) is 19.4 Å². The van der Waals surface area contributed by atoms with E-state index in [1.54, 1.807) is 0 Å². The molecule has 2 nitrogen and oxygen atoms in total. The van der Waals surface area contributed by atoms with Crippen molar-refractivity contribution < 1.29 is 9.53 Å². The average Bonchev–Trinajstić information content (AvgIpc) is 2.76. The molecule has 0 bridgehead atoms. The molecule has 4 heteroatoms. The Kier molecular flexibility index (Phi) is 6.67. The third-order valence-electron chi connectivity index (χ3n) is 5.09. The Hall–Kier alpha value is -1.99. The van der Waals surface area contributed by atoms with E-state index in [1.165, 1.54) is 0 Å². The van der Waals surface area contributed by atoms with Crippen LogP contribution in [0.4, 0.5) is 0 Å². The van der Waals surface area contributed by atoms with Crippen molar-refractivity contribution in [2.24, 2.45) is 0 Å². The second-order valence-electron chi connectivity index (χ2n) is 6.83. The van der Waals surface area contributed by atoms with E-state index in [9.17, 15) is 4.79 Å². The van der Waals surface area contributed by atoms with Crippen LogP contribution in [-0.4, -0.2) is 25.2 Å². The summed E-state index contributed by atoms with van der Waals surface area (Å²) >= 11 is 7.85. The molecule has 0 atom stereocenters. The third kappa shape index (κ3) is 3.91. The standard InChI is InChI=1S/C24H26ClO2P/c1-2-27-19-18-21(26)20-28(25,22-12-6-3-7-13-22,23-14-8-4-9-15-23)24-16-10-5-11-17-24/h3-17H,2,18-20H2,1H3. The molecule has 0 spiro atoms. The zero-order valence-corrected chi connectivity index (χ0v) is 17.8. The number of hydrogen-bond acceptors (Lipinski definition) is 2. The summed E-state index contributed by atoms with van der Waals surface area (Å²) in [4.78, 5) is 13.1. The van der Waals surface area contributed by atoms with Gasteiger partial charge in [-0.25, -0.2) is 0 Å². The minimum atomic E-state index is -3.49. The Morgan fingerprint density at radius 1 is 0.786 bits per heavy atom. The summed E-state index contributed by atoms with van der Waals surface area (Å²) in [5.41, 5.74) is 0. The number of ketones is 1. The van der Waals surface area contributed by atoms with E-state index in [-0.39, 0.29) is 11.9 Å². The number of rotatable bonds is 9. The normalized spacial score (nSPS) is 12.9. The van der Waals surface area contributed by atoms with Crippen molar-refractivity contribution in [2.45, 2.75) is 13.3 Å². The Labute approximate surface area is 172 Å². The van der Waals surface area contributed by atoms with Gasteiger partial charge in [0.05, 0.1) is 0 Å². The molecule has 0 fully saturated rings. The van der Waals surface area contributed by atoms with Gasteiger partial charge in [-0.1, -0.05) is 0 Å². The summed E-state index contributed by atoms with van der Waals surface area (Å²) in [6.45, 7) is 2.97. The summed E-state index contributed by atoms with van der Waals surface area (Å²) in [7, 11) is 0. The zero-order chi connectivity index (χ0) is 19.9.